The Bertz CT molecular complexity index is 684. The first-order chi connectivity index (χ1) is 10.8. The number of ketones is 1. The summed E-state index contributed by atoms with van der Waals surface area (Å²) in [5, 5.41) is 0. The van der Waals surface area contributed by atoms with E-state index in [-0.39, 0.29) is 5.78 Å². The molecule has 0 fully saturated rings. The molecule has 22 heavy (non-hydrogen) atoms. The lowest BCUT2D eigenvalue weighted by Gasteiger charge is -2.18. The number of methoxy groups -OCH3 is 1. The molecule has 4 nitrogen and oxygen atoms in total. The molecule has 3 rings (SSSR count). The van der Waals surface area contributed by atoms with Gasteiger partial charge >= 0.3 is 0 Å². The SMILES string of the molecule is COc1ccccc1C(=O)CSc1ccc2c(c1)OCCO2. The highest BCUT2D eigenvalue weighted by molar-refractivity contribution is 8.00. The molecule has 1 heterocycles. The minimum absolute atomic E-state index is 0.0392. The molecule has 5 heteroatoms. The number of hydrogen-bond donors (Lipinski definition) is 0. The van der Waals surface area contributed by atoms with Gasteiger partial charge in [-0.15, -0.1) is 11.8 Å². The van der Waals surface area contributed by atoms with Crippen LogP contribution in [0.25, 0.3) is 0 Å². The fourth-order valence-electron chi connectivity index (χ4n) is 2.22. The van der Waals surface area contributed by atoms with Crippen LogP contribution < -0.4 is 14.2 Å². The van der Waals surface area contributed by atoms with Gasteiger partial charge in [-0.1, -0.05) is 12.1 Å². The summed E-state index contributed by atoms with van der Waals surface area (Å²) in [4.78, 5) is 13.3. The van der Waals surface area contributed by atoms with Gasteiger partial charge in [0.2, 0.25) is 0 Å². The molecule has 0 aromatic heterocycles. The molecule has 0 radical (unpaired) electrons. The number of ether oxygens (including phenoxy) is 3. The molecule has 0 saturated heterocycles. The zero-order valence-electron chi connectivity index (χ0n) is 12.2. The minimum atomic E-state index is 0.0392. The van der Waals surface area contributed by atoms with E-state index in [1.807, 2.05) is 30.3 Å². The Balaban J connectivity index is 1.68. The summed E-state index contributed by atoms with van der Waals surface area (Å²) in [6, 6.07) is 13.0. The van der Waals surface area contributed by atoms with E-state index in [1.54, 1.807) is 19.2 Å². The van der Waals surface area contributed by atoms with Gasteiger partial charge in [0.25, 0.3) is 0 Å². The lowest BCUT2D eigenvalue weighted by atomic mass is 10.1. The van der Waals surface area contributed by atoms with Crippen LogP contribution in [0.3, 0.4) is 0 Å². The Hall–Kier alpha value is -2.14. The van der Waals surface area contributed by atoms with Crippen LogP contribution in [0.2, 0.25) is 0 Å². The van der Waals surface area contributed by atoms with Crippen LogP contribution in [0.1, 0.15) is 10.4 Å². The summed E-state index contributed by atoms with van der Waals surface area (Å²) in [6.45, 7) is 1.13. The van der Waals surface area contributed by atoms with Crippen molar-refractivity contribution < 1.29 is 19.0 Å². The monoisotopic (exact) mass is 316 g/mol. The molecular weight excluding hydrogens is 300 g/mol. The van der Waals surface area contributed by atoms with Crippen molar-refractivity contribution in [1.82, 2.24) is 0 Å². The van der Waals surface area contributed by atoms with Crippen molar-refractivity contribution in [2.75, 3.05) is 26.1 Å². The van der Waals surface area contributed by atoms with Crippen LogP contribution in [-0.4, -0.2) is 31.9 Å². The Kier molecular flexibility index (Phi) is 4.53. The molecule has 114 valence electrons. The Morgan fingerprint density at radius 2 is 1.91 bits per heavy atom. The van der Waals surface area contributed by atoms with Crippen LogP contribution in [0.15, 0.2) is 47.4 Å². The molecule has 0 bridgehead atoms. The highest BCUT2D eigenvalue weighted by Gasteiger charge is 2.14. The van der Waals surface area contributed by atoms with Gasteiger partial charge in [-0.05, 0) is 30.3 Å². The Morgan fingerprint density at radius 1 is 1.14 bits per heavy atom. The van der Waals surface area contributed by atoms with Crippen LogP contribution in [-0.2, 0) is 0 Å². The number of carbonyl (C=O) groups is 1. The van der Waals surface area contributed by atoms with E-state index in [1.165, 1.54) is 11.8 Å². The molecular formula is C17H16O4S. The van der Waals surface area contributed by atoms with Crippen LogP contribution >= 0.6 is 11.8 Å². The second-order valence-corrected chi connectivity index (χ2v) is 5.77. The van der Waals surface area contributed by atoms with Crippen molar-refractivity contribution in [3.63, 3.8) is 0 Å². The molecule has 0 spiro atoms. The van der Waals surface area contributed by atoms with Crippen molar-refractivity contribution >= 4 is 17.5 Å². The number of Topliss-reactive ketones (excluding diaryl/α,β-unsaturated/α-hetero) is 1. The van der Waals surface area contributed by atoms with Crippen molar-refractivity contribution in [3.05, 3.63) is 48.0 Å². The average Bonchev–Trinajstić information content (AvgIpc) is 2.59. The Morgan fingerprint density at radius 3 is 2.73 bits per heavy atom. The molecule has 0 unspecified atom stereocenters. The standard InChI is InChI=1S/C17H16O4S/c1-19-15-5-3-2-4-13(15)14(18)11-22-12-6-7-16-17(10-12)21-9-8-20-16/h2-7,10H,8-9,11H2,1H3. The molecule has 0 amide bonds. The van der Waals surface area contributed by atoms with E-state index in [4.69, 9.17) is 14.2 Å². The number of thioether (sulfide) groups is 1. The van der Waals surface area contributed by atoms with Gasteiger partial charge in [-0.2, -0.15) is 0 Å². The van der Waals surface area contributed by atoms with E-state index < -0.39 is 0 Å². The van der Waals surface area contributed by atoms with E-state index in [0.717, 1.165) is 16.4 Å². The van der Waals surface area contributed by atoms with Gasteiger partial charge in [0.15, 0.2) is 17.3 Å². The zero-order chi connectivity index (χ0) is 15.4. The number of fused-ring (bicyclic) bond motifs is 1. The van der Waals surface area contributed by atoms with Crippen molar-refractivity contribution in [2.24, 2.45) is 0 Å². The van der Waals surface area contributed by atoms with Gasteiger partial charge in [0.1, 0.15) is 19.0 Å². The average molecular weight is 316 g/mol. The number of hydrogen-bond acceptors (Lipinski definition) is 5. The maximum absolute atomic E-state index is 12.3. The van der Waals surface area contributed by atoms with E-state index >= 15 is 0 Å². The number of carbonyl (C=O) groups excluding carboxylic acids is 1. The second-order valence-electron chi connectivity index (χ2n) is 4.72. The first-order valence-corrected chi connectivity index (χ1v) is 7.95. The smallest absolute Gasteiger partial charge is 0.176 e. The van der Waals surface area contributed by atoms with E-state index in [9.17, 15) is 4.79 Å². The van der Waals surface area contributed by atoms with Crippen molar-refractivity contribution in [1.29, 1.82) is 0 Å². The lowest BCUT2D eigenvalue weighted by molar-refractivity contribution is 0.101. The molecule has 0 saturated carbocycles. The minimum Gasteiger partial charge on any atom is -0.496 e. The zero-order valence-corrected chi connectivity index (χ0v) is 13.0. The molecule has 2 aromatic carbocycles. The number of rotatable bonds is 5. The summed E-state index contributed by atoms with van der Waals surface area (Å²) in [5.74, 6) is 2.49. The molecule has 1 aliphatic heterocycles. The normalized spacial score (nSPS) is 12.8. The highest BCUT2D eigenvalue weighted by Crippen LogP contribution is 2.34. The third-order valence-electron chi connectivity index (χ3n) is 3.29. The molecule has 1 aliphatic rings. The van der Waals surface area contributed by atoms with Crippen LogP contribution in [0, 0.1) is 0 Å². The quantitative estimate of drug-likeness (QED) is 0.624. The fraction of sp³-hybridized carbons (Fsp3) is 0.235. The predicted molar refractivity (Wildman–Crippen MR) is 85.5 cm³/mol. The number of para-hydroxylation sites is 1. The van der Waals surface area contributed by atoms with Gasteiger partial charge in [0.05, 0.1) is 18.4 Å². The first-order valence-electron chi connectivity index (χ1n) is 6.96. The van der Waals surface area contributed by atoms with Gasteiger partial charge in [0, 0.05) is 4.90 Å². The first kappa shape index (κ1) is 14.8. The third kappa shape index (κ3) is 3.20. The summed E-state index contributed by atoms with van der Waals surface area (Å²) < 4.78 is 16.3. The van der Waals surface area contributed by atoms with Crippen molar-refractivity contribution in [3.8, 4) is 17.2 Å². The Labute approximate surface area is 133 Å². The summed E-state index contributed by atoms with van der Waals surface area (Å²) >= 11 is 1.47. The molecule has 2 aromatic rings. The topological polar surface area (TPSA) is 44.8 Å². The van der Waals surface area contributed by atoms with Crippen LogP contribution in [0.5, 0.6) is 17.2 Å². The summed E-state index contributed by atoms with van der Waals surface area (Å²) in [7, 11) is 1.57. The fourth-order valence-corrected chi connectivity index (χ4v) is 3.02. The van der Waals surface area contributed by atoms with E-state index in [2.05, 4.69) is 0 Å². The maximum atomic E-state index is 12.3. The molecule has 0 aliphatic carbocycles. The second kappa shape index (κ2) is 6.75. The summed E-state index contributed by atoms with van der Waals surface area (Å²) in [5.41, 5.74) is 0.607. The van der Waals surface area contributed by atoms with Gasteiger partial charge in [-0.25, -0.2) is 0 Å². The number of benzene rings is 2. The molecule has 0 atom stereocenters. The third-order valence-corrected chi connectivity index (χ3v) is 4.28. The van der Waals surface area contributed by atoms with Crippen LogP contribution in [0.4, 0.5) is 0 Å². The van der Waals surface area contributed by atoms with Crippen molar-refractivity contribution in [2.45, 2.75) is 4.90 Å². The lowest BCUT2D eigenvalue weighted by Crippen LogP contribution is -2.15. The van der Waals surface area contributed by atoms with Gasteiger partial charge in [-0.3, -0.25) is 4.79 Å². The summed E-state index contributed by atoms with van der Waals surface area (Å²) in [6.07, 6.45) is 0. The van der Waals surface area contributed by atoms with E-state index in [0.29, 0.717) is 30.3 Å². The highest BCUT2D eigenvalue weighted by atomic mass is 32.2. The predicted octanol–water partition coefficient (Wildman–Crippen LogP) is 3.44. The molecule has 0 N–H and O–H groups in total. The van der Waals surface area contributed by atoms with Gasteiger partial charge < -0.3 is 14.2 Å². The maximum Gasteiger partial charge on any atom is 0.176 e. The largest absolute Gasteiger partial charge is 0.496 e.